The minimum Gasteiger partial charge on any atom is -0.309 e. The number of thioether (sulfide) groups is 1. The molecule has 108 valence electrons. The lowest BCUT2D eigenvalue weighted by atomic mass is 9.88. The summed E-state index contributed by atoms with van der Waals surface area (Å²) in [4.78, 5) is 3.98. The molecule has 0 spiro atoms. The molecule has 0 aliphatic heterocycles. The molecular weight excluding hydrogens is 268 g/mol. The van der Waals surface area contributed by atoms with E-state index in [1.807, 2.05) is 11.8 Å². The lowest BCUT2D eigenvalue weighted by molar-refractivity contribution is 0.0666. The summed E-state index contributed by atoms with van der Waals surface area (Å²) in [5.74, 6) is 0.405. The maximum atomic E-state index is 12.7. The molecule has 0 bridgehead atoms. The molecule has 6 heteroatoms. The van der Waals surface area contributed by atoms with Crippen molar-refractivity contribution in [3.63, 3.8) is 0 Å². The molecule has 19 heavy (non-hydrogen) atoms. The number of nitrogens with zero attached hydrogens (tertiary/aromatic N) is 2. The Morgan fingerprint density at radius 1 is 1.42 bits per heavy atom. The average Bonchev–Trinajstić information content (AvgIpc) is 2.88. The van der Waals surface area contributed by atoms with Crippen LogP contribution in [0.4, 0.5) is 8.78 Å². The number of nitrogens with one attached hydrogen (secondary N) is 1. The molecule has 2 rings (SSSR count). The van der Waals surface area contributed by atoms with Gasteiger partial charge < -0.3 is 5.32 Å². The Morgan fingerprint density at radius 3 is 2.79 bits per heavy atom. The summed E-state index contributed by atoms with van der Waals surface area (Å²) >= 11 is 1.90. The maximum absolute atomic E-state index is 12.7. The normalized spacial score (nSPS) is 18.9. The second-order valence-electron chi connectivity index (χ2n) is 5.08. The molecule has 1 saturated carbocycles. The summed E-state index contributed by atoms with van der Waals surface area (Å²) in [6, 6.07) is 0. The van der Waals surface area contributed by atoms with Crippen LogP contribution >= 0.6 is 11.8 Å². The van der Waals surface area contributed by atoms with Crippen molar-refractivity contribution in [2.75, 3.05) is 12.8 Å². The Morgan fingerprint density at radius 2 is 2.16 bits per heavy atom. The summed E-state index contributed by atoms with van der Waals surface area (Å²) in [7, 11) is 0. The molecule has 1 aliphatic carbocycles. The SMILES string of the molecule is CSC1(CNCc2nccn2C(F)F)CCCCC1. The number of hydrogen-bond acceptors (Lipinski definition) is 3. The fourth-order valence-corrected chi connectivity index (χ4v) is 3.65. The van der Waals surface area contributed by atoms with E-state index in [9.17, 15) is 8.78 Å². The molecular formula is C13H21F2N3S. The van der Waals surface area contributed by atoms with Gasteiger partial charge in [-0.25, -0.2) is 4.98 Å². The van der Waals surface area contributed by atoms with Crippen LogP contribution in [0.3, 0.4) is 0 Å². The molecule has 1 N–H and O–H groups in total. The molecule has 1 aromatic heterocycles. The monoisotopic (exact) mass is 289 g/mol. The Labute approximate surface area is 117 Å². The third-order valence-electron chi connectivity index (χ3n) is 3.89. The Kier molecular flexibility index (Phi) is 5.21. The van der Waals surface area contributed by atoms with Crippen LogP contribution in [0.2, 0.25) is 0 Å². The highest BCUT2D eigenvalue weighted by molar-refractivity contribution is 8.00. The predicted molar refractivity (Wildman–Crippen MR) is 74.5 cm³/mol. The highest BCUT2D eigenvalue weighted by atomic mass is 32.2. The molecule has 0 atom stereocenters. The van der Waals surface area contributed by atoms with E-state index in [4.69, 9.17) is 0 Å². The fraction of sp³-hybridized carbons (Fsp3) is 0.769. The van der Waals surface area contributed by atoms with Crippen molar-refractivity contribution in [2.45, 2.75) is 49.9 Å². The van der Waals surface area contributed by atoms with Crippen molar-refractivity contribution in [3.05, 3.63) is 18.2 Å². The first-order valence-electron chi connectivity index (χ1n) is 6.73. The van der Waals surface area contributed by atoms with Crippen molar-refractivity contribution in [1.82, 2.24) is 14.9 Å². The number of halogens is 2. The van der Waals surface area contributed by atoms with Crippen LogP contribution in [-0.4, -0.2) is 27.1 Å². The average molecular weight is 289 g/mol. The molecule has 1 heterocycles. The van der Waals surface area contributed by atoms with Gasteiger partial charge in [-0.05, 0) is 19.1 Å². The third-order valence-corrected chi connectivity index (χ3v) is 5.31. The van der Waals surface area contributed by atoms with Crippen LogP contribution < -0.4 is 5.32 Å². The van der Waals surface area contributed by atoms with Gasteiger partial charge >= 0.3 is 6.55 Å². The fourth-order valence-electron chi connectivity index (χ4n) is 2.71. The van der Waals surface area contributed by atoms with E-state index in [1.54, 1.807) is 0 Å². The van der Waals surface area contributed by atoms with E-state index in [2.05, 4.69) is 16.6 Å². The highest BCUT2D eigenvalue weighted by Gasteiger charge is 2.30. The zero-order valence-electron chi connectivity index (χ0n) is 11.2. The van der Waals surface area contributed by atoms with Crippen molar-refractivity contribution in [2.24, 2.45) is 0 Å². The van der Waals surface area contributed by atoms with Crippen LogP contribution in [0.15, 0.2) is 12.4 Å². The molecule has 0 aromatic carbocycles. The van der Waals surface area contributed by atoms with Crippen LogP contribution in [0, 0.1) is 0 Å². The largest absolute Gasteiger partial charge is 0.319 e. The van der Waals surface area contributed by atoms with E-state index >= 15 is 0 Å². The van der Waals surface area contributed by atoms with Crippen LogP contribution in [0.1, 0.15) is 44.5 Å². The maximum Gasteiger partial charge on any atom is 0.319 e. The number of aromatic nitrogens is 2. The van der Waals surface area contributed by atoms with E-state index in [-0.39, 0.29) is 4.75 Å². The molecule has 1 aliphatic rings. The zero-order chi connectivity index (χ0) is 13.7. The Hall–Kier alpha value is -0.620. The van der Waals surface area contributed by atoms with Gasteiger partial charge in [-0.1, -0.05) is 19.3 Å². The molecule has 1 aromatic rings. The zero-order valence-corrected chi connectivity index (χ0v) is 12.1. The number of hydrogen-bond donors (Lipinski definition) is 1. The second kappa shape index (κ2) is 6.70. The predicted octanol–water partition coefficient (Wildman–Crippen LogP) is 3.43. The lowest BCUT2D eigenvalue weighted by Gasteiger charge is -2.36. The molecule has 0 unspecified atom stereocenters. The highest BCUT2D eigenvalue weighted by Crippen LogP contribution is 2.37. The van der Waals surface area contributed by atoms with Gasteiger partial charge in [0.15, 0.2) is 0 Å². The summed E-state index contributed by atoms with van der Waals surface area (Å²) in [5.41, 5.74) is 0. The van der Waals surface area contributed by atoms with E-state index in [1.165, 1.54) is 44.5 Å². The molecule has 3 nitrogen and oxygen atoms in total. The van der Waals surface area contributed by atoms with Gasteiger partial charge in [0.25, 0.3) is 0 Å². The van der Waals surface area contributed by atoms with Gasteiger partial charge in [0, 0.05) is 23.7 Å². The summed E-state index contributed by atoms with van der Waals surface area (Å²) in [5, 5.41) is 3.31. The standard InChI is InChI=1S/C13H21F2N3S/c1-19-13(5-3-2-4-6-13)10-16-9-11-17-7-8-18(11)12(14)15/h7-8,12,16H,2-6,9-10H2,1H3. The van der Waals surface area contributed by atoms with Gasteiger partial charge in [-0.3, -0.25) is 4.57 Å². The van der Waals surface area contributed by atoms with Crippen molar-refractivity contribution in [1.29, 1.82) is 0 Å². The van der Waals surface area contributed by atoms with Crippen molar-refractivity contribution >= 4 is 11.8 Å². The van der Waals surface area contributed by atoms with Gasteiger partial charge in [0.1, 0.15) is 5.82 Å². The smallest absolute Gasteiger partial charge is 0.309 e. The number of imidazole rings is 1. The van der Waals surface area contributed by atoms with Gasteiger partial charge in [-0.15, -0.1) is 0 Å². The van der Waals surface area contributed by atoms with Gasteiger partial charge in [-0.2, -0.15) is 20.5 Å². The van der Waals surface area contributed by atoms with E-state index in [0.29, 0.717) is 12.4 Å². The van der Waals surface area contributed by atoms with E-state index in [0.717, 1.165) is 11.1 Å². The Bertz CT molecular complexity index is 389. The van der Waals surface area contributed by atoms with Gasteiger partial charge in [0.2, 0.25) is 0 Å². The summed E-state index contributed by atoms with van der Waals surface area (Å²) < 4.78 is 26.5. The van der Waals surface area contributed by atoms with Crippen molar-refractivity contribution in [3.8, 4) is 0 Å². The molecule has 0 radical (unpaired) electrons. The second-order valence-corrected chi connectivity index (χ2v) is 6.35. The first kappa shape index (κ1) is 14.8. The number of alkyl halides is 2. The van der Waals surface area contributed by atoms with Crippen LogP contribution in [-0.2, 0) is 6.54 Å². The lowest BCUT2D eigenvalue weighted by Crippen LogP contribution is -2.39. The van der Waals surface area contributed by atoms with E-state index < -0.39 is 6.55 Å². The quantitative estimate of drug-likeness (QED) is 0.870. The minimum atomic E-state index is -2.51. The van der Waals surface area contributed by atoms with Crippen LogP contribution in [0.5, 0.6) is 0 Å². The molecule has 0 saturated heterocycles. The Balaban J connectivity index is 1.86. The molecule has 1 fully saturated rings. The van der Waals surface area contributed by atoms with Crippen LogP contribution in [0.25, 0.3) is 0 Å². The summed E-state index contributed by atoms with van der Waals surface area (Å²) in [6.45, 7) is -1.24. The first-order valence-corrected chi connectivity index (χ1v) is 7.95. The topological polar surface area (TPSA) is 29.9 Å². The minimum absolute atomic E-state index is 0.278. The third kappa shape index (κ3) is 3.69. The number of rotatable bonds is 6. The molecule has 0 amide bonds. The summed E-state index contributed by atoms with van der Waals surface area (Å²) in [6.07, 6.45) is 11.2. The first-order chi connectivity index (χ1) is 9.17. The van der Waals surface area contributed by atoms with Gasteiger partial charge in [0.05, 0.1) is 6.54 Å². The van der Waals surface area contributed by atoms with Crippen molar-refractivity contribution < 1.29 is 8.78 Å².